The van der Waals surface area contributed by atoms with Gasteiger partial charge in [-0.3, -0.25) is 9.48 Å². The van der Waals surface area contributed by atoms with Gasteiger partial charge in [-0.1, -0.05) is 20.8 Å². The lowest BCUT2D eigenvalue weighted by molar-refractivity contribution is -0.128. The van der Waals surface area contributed by atoms with Gasteiger partial charge in [0.15, 0.2) is 0 Å². The maximum Gasteiger partial charge on any atom is 0.425 e. The van der Waals surface area contributed by atoms with Crippen molar-refractivity contribution >= 4 is 22.2 Å². The minimum atomic E-state index is -3.11. The molecule has 13 heteroatoms. The fourth-order valence-electron chi connectivity index (χ4n) is 6.27. The maximum absolute atomic E-state index is 14.0. The summed E-state index contributed by atoms with van der Waals surface area (Å²) in [6.45, 7) is 11.2. The van der Waals surface area contributed by atoms with Crippen LogP contribution in [0.25, 0.3) is 0 Å². The van der Waals surface area contributed by atoms with Crippen LogP contribution in [0, 0.1) is 23.7 Å². The second kappa shape index (κ2) is 11.3. The van der Waals surface area contributed by atoms with Gasteiger partial charge in [-0.25, -0.2) is 14.4 Å². The fraction of sp³-hybridized carbons (Fsp3) is 0.692. The number of Topliss-reactive ketones (excluding diaryl/α,β-unsaturated/α-hetero) is 1. The molecule has 214 valence electrons. The lowest BCUT2D eigenvalue weighted by Crippen LogP contribution is -2.44. The van der Waals surface area contributed by atoms with Gasteiger partial charge in [0.2, 0.25) is 5.88 Å². The van der Waals surface area contributed by atoms with Crippen LogP contribution >= 0.6 is 0 Å². The van der Waals surface area contributed by atoms with Gasteiger partial charge in [-0.15, -0.1) is 12.6 Å². The number of rotatable bonds is 3. The number of hydrogen-bond donors (Lipinski definition) is 1. The number of ketones is 1. The van der Waals surface area contributed by atoms with Crippen molar-refractivity contribution in [1.29, 1.82) is 0 Å². The number of hydrogen-bond acceptors (Lipinski definition) is 10. The summed E-state index contributed by atoms with van der Waals surface area (Å²) in [4.78, 5) is 22.4. The van der Waals surface area contributed by atoms with Gasteiger partial charge >= 0.3 is 10.6 Å². The van der Waals surface area contributed by atoms with Crippen molar-refractivity contribution in [3.63, 3.8) is 0 Å². The molecular weight excluding hydrogens is 527 g/mol. The second-order valence-corrected chi connectivity index (χ2v) is 11.9. The number of carbonyl (C=O) groups excluding carboxylic acids is 1. The number of fused-ring (bicyclic) bond motifs is 3. The molecule has 4 atom stereocenters. The Morgan fingerprint density at radius 2 is 1.87 bits per heavy atom. The number of piperidine rings is 1. The molecular formula is C26H37FN6O5S. The Labute approximate surface area is 229 Å². The van der Waals surface area contributed by atoms with Gasteiger partial charge in [0, 0.05) is 37.5 Å². The van der Waals surface area contributed by atoms with Crippen LogP contribution in [0.1, 0.15) is 63.3 Å². The van der Waals surface area contributed by atoms with E-state index in [0.717, 1.165) is 43.9 Å². The highest BCUT2D eigenvalue weighted by atomic mass is 32.2. The standard InChI is InChI=1S/C16H21FN6O.C10H16O.O3S/c1-10-15(23-7-11-5-21-22(2)13(11)8-23)19-9-20-16(10)24-14-3-4-18-6-12(14)17;1-9(2)7-4-5-10(9,3)8(11)6-7;1-4(2)3/h5,9,12,14,18H,3-4,6-8H2,1-2H3;7H,4-6H2,1-3H3;/t12-,14?;7?,10-;/m01./s1. The van der Waals surface area contributed by atoms with Gasteiger partial charge in [0.25, 0.3) is 0 Å². The van der Waals surface area contributed by atoms with Crippen LogP contribution in [0.15, 0.2) is 12.5 Å². The molecule has 2 saturated carbocycles. The molecule has 2 aliphatic carbocycles. The molecule has 2 aromatic heterocycles. The minimum absolute atomic E-state index is 0.0255. The molecule has 6 rings (SSSR count). The molecule has 0 radical (unpaired) electrons. The summed E-state index contributed by atoms with van der Waals surface area (Å²) in [5.74, 6) is 2.50. The summed E-state index contributed by atoms with van der Waals surface area (Å²) < 4.78 is 47.1. The van der Waals surface area contributed by atoms with Crippen LogP contribution in [0.4, 0.5) is 10.2 Å². The largest absolute Gasteiger partial charge is 0.471 e. The van der Waals surface area contributed by atoms with E-state index in [9.17, 15) is 9.18 Å². The molecule has 0 spiro atoms. The molecule has 11 nitrogen and oxygen atoms in total. The average molecular weight is 565 g/mol. The van der Waals surface area contributed by atoms with Crippen molar-refractivity contribution in [2.24, 2.45) is 23.8 Å². The van der Waals surface area contributed by atoms with Crippen LogP contribution in [0.3, 0.4) is 0 Å². The Balaban J connectivity index is 0.000000194. The summed E-state index contributed by atoms with van der Waals surface area (Å²) in [7, 11) is -1.16. The molecule has 3 fully saturated rings. The third kappa shape index (κ3) is 5.69. The van der Waals surface area contributed by atoms with E-state index in [1.54, 1.807) is 0 Å². The molecule has 2 aromatic rings. The number of aromatic nitrogens is 4. The van der Waals surface area contributed by atoms with Gasteiger partial charge in [0.1, 0.15) is 30.2 Å². The second-order valence-electron chi connectivity index (χ2n) is 11.5. The van der Waals surface area contributed by atoms with Gasteiger partial charge in [0.05, 0.1) is 24.0 Å². The van der Waals surface area contributed by atoms with Crippen LogP contribution in [-0.2, 0) is 35.5 Å². The number of ether oxygens (including phenoxy) is 1. The Bertz CT molecular complexity index is 1330. The van der Waals surface area contributed by atoms with E-state index in [1.165, 1.54) is 24.0 Å². The summed E-state index contributed by atoms with van der Waals surface area (Å²) >= 11 is 0. The van der Waals surface area contributed by atoms with Crippen LogP contribution in [0.2, 0.25) is 0 Å². The third-order valence-corrected chi connectivity index (χ3v) is 9.25. The Morgan fingerprint density at radius 1 is 1.15 bits per heavy atom. The Morgan fingerprint density at radius 3 is 2.41 bits per heavy atom. The zero-order valence-electron chi connectivity index (χ0n) is 23.1. The number of anilines is 1. The lowest BCUT2D eigenvalue weighted by Gasteiger charge is -2.32. The van der Waals surface area contributed by atoms with E-state index in [2.05, 4.69) is 46.1 Å². The smallest absolute Gasteiger partial charge is 0.425 e. The molecule has 4 aliphatic rings. The van der Waals surface area contributed by atoms with Crippen molar-refractivity contribution in [1.82, 2.24) is 25.1 Å². The number of carbonyl (C=O) groups is 1. The van der Waals surface area contributed by atoms with Crippen LogP contribution in [0.5, 0.6) is 5.88 Å². The Kier molecular flexibility index (Phi) is 8.41. The first-order valence-corrected chi connectivity index (χ1v) is 14.2. The molecule has 1 saturated heterocycles. The summed E-state index contributed by atoms with van der Waals surface area (Å²) in [6, 6.07) is 0. The zero-order chi connectivity index (χ0) is 28.5. The van der Waals surface area contributed by atoms with Crippen molar-refractivity contribution in [3.8, 4) is 5.88 Å². The van der Waals surface area contributed by atoms with E-state index in [1.807, 2.05) is 24.9 Å². The van der Waals surface area contributed by atoms with Crippen LogP contribution in [-0.4, -0.2) is 63.5 Å². The average Bonchev–Trinajstić information content (AvgIpc) is 3.55. The first kappa shape index (κ1) is 29.1. The van der Waals surface area contributed by atoms with Crippen molar-refractivity contribution in [2.45, 2.75) is 78.7 Å². The number of aryl methyl sites for hydroxylation is 1. The summed E-state index contributed by atoms with van der Waals surface area (Å²) in [6.07, 6.45) is 5.81. The first-order valence-electron chi connectivity index (χ1n) is 13.2. The van der Waals surface area contributed by atoms with E-state index in [4.69, 9.17) is 17.4 Å². The highest BCUT2D eigenvalue weighted by Crippen LogP contribution is 2.63. The first-order chi connectivity index (χ1) is 18.3. The number of halogens is 1. The summed E-state index contributed by atoms with van der Waals surface area (Å²) in [5.41, 5.74) is 3.56. The highest BCUT2D eigenvalue weighted by molar-refractivity contribution is 7.59. The van der Waals surface area contributed by atoms with E-state index in [0.29, 0.717) is 30.5 Å². The lowest BCUT2D eigenvalue weighted by atomic mass is 9.70. The predicted molar refractivity (Wildman–Crippen MR) is 141 cm³/mol. The molecule has 2 unspecified atom stereocenters. The molecule has 2 aliphatic heterocycles. The molecule has 0 aromatic carbocycles. The van der Waals surface area contributed by atoms with Gasteiger partial charge < -0.3 is 15.0 Å². The van der Waals surface area contributed by atoms with Gasteiger partial charge in [-0.2, -0.15) is 5.10 Å². The quantitative estimate of drug-likeness (QED) is 0.592. The molecule has 0 amide bonds. The van der Waals surface area contributed by atoms with E-state index >= 15 is 0 Å². The van der Waals surface area contributed by atoms with Crippen molar-refractivity contribution in [3.05, 3.63) is 29.3 Å². The molecule has 1 N–H and O–H groups in total. The zero-order valence-corrected chi connectivity index (χ0v) is 23.9. The fourth-order valence-corrected chi connectivity index (χ4v) is 6.27. The Hall–Kier alpha value is -2.93. The monoisotopic (exact) mass is 564 g/mol. The highest BCUT2D eigenvalue weighted by Gasteiger charge is 2.61. The predicted octanol–water partition coefficient (Wildman–Crippen LogP) is 2.52. The van der Waals surface area contributed by atoms with Crippen molar-refractivity contribution in [2.75, 3.05) is 18.0 Å². The maximum atomic E-state index is 14.0. The van der Waals surface area contributed by atoms with Crippen molar-refractivity contribution < 1.29 is 26.5 Å². The minimum Gasteiger partial charge on any atom is -0.471 e. The number of alkyl halides is 1. The topological polar surface area (TPSA) is 136 Å². The van der Waals surface area contributed by atoms with E-state index < -0.39 is 22.9 Å². The van der Waals surface area contributed by atoms with Crippen LogP contribution < -0.4 is 15.0 Å². The third-order valence-electron chi connectivity index (χ3n) is 9.25. The normalized spacial score (nSPS) is 28.2. The number of nitrogens with one attached hydrogen (secondary N) is 1. The SMILES string of the molecule is CC1(C)C2CC[C@]1(C)C(=O)C2.Cc1c(OC2CCNC[C@@H]2F)ncnc1N1Cc2cnn(C)c2C1.O=S(=O)=O. The van der Waals surface area contributed by atoms with E-state index in [-0.39, 0.29) is 10.8 Å². The molecule has 2 bridgehead atoms. The summed E-state index contributed by atoms with van der Waals surface area (Å²) in [5, 5.41) is 7.31. The molecule has 39 heavy (non-hydrogen) atoms. The number of nitrogens with zero attached hydrogens (tertiary/aromatic N) is 5. The van der Waals surface area contributed by atoms with Gasteiger partial charge in [-0.05, 0) is 44.1 Å². The molecule has 4 heterocycles.